The largest absolute Gasteiger partial charge is 0.395 e. The maximum Gasteiger partial charge on any atom is 0.311 e. The third kappa shape index (κ3) is 4.82. The molecule has 2 amide bonds. The van der Waals surface area contributed by atoms with E-state index in [1.165, 1.54) is 0 Å². The van der Waals surface area contributed by atoms with Crippen molar-refractivity contribution >= 4 is 11.8 Å². The fourth-order valence-electron chi connectivity index (χ4n) is 2.50. The molecule has 1 aromatic rings. The van der Waals surface area contributed by atoms with Crippen LogP contribution in [0, 0.1) is 0 Å². The molecular weight excluding hydrogens is 282 g/mol. The summed E-state index contributed by atoms with van der Waals surface area (Å²) >= 11 is 0. The first-order chi connectivity index (χ1) is 10.7. The standard InChI is InChI=1S/C16H23N3O3/c20-13-12-18-8-10-19(11-9-18)16(22)15(21)17-7-6-14-4-2-1-3-5-14/h1-5,20H,6-13H2,(H,17,21). The Morgan fingerprint density at radius 3 is 2.41 bits per heavy atom. The monoisotopic (exact) mass is 305 g/mol. The third-order valence-corrected chi connectivity index (χ3v) is 3.81. The highest BCUT2D eigenvalue weighted by molar-refractivity contribution is 6.35. The van der Waals surface area contributed by atoms with E-state index in [0.29, 0.717) is 45.7 Å². The zero-order chi connectivity index (χ0) is 15.8. The molecule has 22 heavy (non-hydrogen) atoms. The van der Waals surface area contributed by atoms with Gasteiger partial charge in [-0.15, -0.1) is 0 Å². The van der Waals surface area contributed by atoms with E-state index in [2.05, 4.69) is 10.2 Å². The molecule has 0 radical (unpaired) electrons. The fourth-order valence-corrected chi connectivity index (χ4v) is 2.50. The van der Waals surface area contributed by atoms with E-state index in [1.54, 1.807) is 4.90 Å². The Balaban J connectivity index is 1.70. The summed E-state index contributed by atoms with van der Waals surface area (Å²) in [4.78, 5) is 27.6. The van der Waals surface area contributed by atoms with E-state index < -0.39 is 11.8 Å². The summed E-state index contributed by atoms with van der Waals surface area (Å²) in [5, 5.41) is 11.6. The normalized spacial score (nSPS) is 15.6. The number of aliphatic hydroxyl groups excluding tert-OH is 1. The fraction of sp³-hybridized carbons (Fsp3) is 0.500. The number of carbonyl (C=O) groups is 2. The summed E-state index contributed by atoms with van der Waals surface area (Å²) in [6, 6.07) is 9.84. The molecule has 0 aromatic heterocycles. The van der Waals surface area contributed by atoms with Gasteiger partial charge in [-0.25, -0.2) is 0 Å². The molecule has 1 heterocycles. The van der Waals surface area contributed by atoms with Gasteiger partial charge in [-0.3, -0.25) is 14.5 Å². The van der Waals surface area contributed by atoms with Crippen molar-refractivity contribution in [1.29, 1.82) is 0 Å². The van der Waals surface area contributed by atoms with Gasteiger partial charge in [-0.05, 0) is 12.0 Å². The van der Waals surface area contributed by atoms with E-state index >= 15 is 0 Å². The van der Waals surface area contributed by atoms with Crippen molar-refractivity contribution in [1.82, 2.24) is 15.1 Å². The van der Waals surface area contributed by atoms with Crippen LogP contribution in [0.15, 0.2) is 30.3 Å². The second-order valence-corrected chi connectivity index (χ2v) is 5.35. The summed E-state index contributed by atoms with van der Waals surface area (Å²) in [6.45, 7) is 3.65. The highest BCUT2D eigenvalue weighted by Gasteiger charge is 2.25. The number of hydrogen-bond acceptors (Lipinski definition) is 4. The average molecular weight is 305 g/mol. The predicted octanol–water partition coefficient (Wildman–Crippen LogP) is -0.518. The average Bonchev–Trinajstić information content (AvgIpc) is 2.56. The number of hydrogen-bond donors (Lipinski definition) is 2. The molecule has 0 spiro atoms. The van der Waals surface area contributed by atoms with Crippen LogP contribution in [0.5, 0.6) is 0 Å². The molecule has 1 aliphatic rings. The van der Waals surface area contributed by atoms with Gasteiger partial charge in [0, 0.05) is 39.3 Å². The Kier molecular flexibility index (Phi) is 6.36. The van der Waals surface area contributed by atoms with E-state index in [1.807, 2.05) is 30.3 Å². The van der Waals surface area contributed by atoms with Gasteiger partial charge in [0.2, 0.25) is 0 Å². The lowest BCUT2D eigenvalue weighted by molar-refractivity contribution is -0.147. The number of β-amino-alcohol motifs (C(OH)–C–C–N with tert-alkyl or cyclic N) is 1. The second-order valence-electron chi connectivity index (χ2n) is 5.35. The molecule has 0 saturated carbocycles. The van der Waals surface area contributed by atoms with Crippen LogP contribution in [0.25, 0.3) is 0 Å². The minimum Gasteiger partial charge on any atom is -0.395 e. The summed E-state index contributed by atoms with van der Waals surface area (Å²) in [7, 11) is 0. The van der Waals surface area contributed by atoms with Crippen LogP contribution in [-0.2, 0) is 16.0 Å². The number of nitrogens with zero attached hydrogens (tertiary/aromatic N) is 2. The Morgan fingerprint density at radius 1 is 1.09 bits per heavy atom. The van der Waals surface area contributed by atoms with Crippen LogP contribution in [0.3, 0.4) is 0 Å². The Labute approximate surface area is 130 Å². The highest BCUT2D eigenvalue weighted by Crippen LogP contribution is 2.02. The first-order valence-corrected chi connectivity index (χ1v) is 7.65. The van der Waals surface area contributed by atoms with Crippen molar-refractivity contribution in [2.45, 2.75) is 6.42 Å². The summed E-state index contributed by atoms with van der Waals surface area (Å²) in [6.07, 6.45) is 0.712. The molecule has 6 nitrogen and oxygen atoms in total. The van der Waals surface area contributed by atoms with E-state index in [0.717, 1.165) is 5.56 Å². The number of aliphatic hydroxyl groups is 1. The third-order valence-electron chi connectivity index (χ3n) is 3.81. The summed E-state index contributed by atoms with van der Waals surface area (Å²) in [5.41, 5.74) is 1.13. The maximum atomic E-state index is 12.1. The molecule has 0 unspecified atom stereocenters. The predicted molar refractivity (Wildman–Crippen MR) is 83.3 cm³/mol. The van der Waals surface area contributed by atoms with Crippen LogP contribution < -0.4 is 5.32 Å². The maximum absolute atomic E-state index is 12.1. The lowest BCUT2D eigenvalue weighted by atomic mass is 10.1. The molecule has 1 fully saturated rings. The van der Waals surface area contributed by atoms with Crippen LogP contribution >= 0.6 is 0 Å². The van der Waals surface area contributed by atoms with Crippen LogP contribution in [0.4, 0.5) is 0 Å². The zero-order valence-corrected chi connectivity index (χ0v) is 12.7. The number of nitrogens with one attached hydrogen (secondary N) is 1. The highest BCUT2D eigenvalue weighted by atomic mass is 16.3. The van der Waals surface area contributed by atoms with Gasteiger partial charge in [0.25, 0.3) is 0 Å². The van der Waals surface area contributed by atoms with E-state index in [4.69, 9.17) is 5.11 Å². The molecule has 0 bridgehead atoms. The molecule has 2 rings (SSSR count). The summed E-state index contributed by atoms with van der Waals surface area (Å²) in [5.74, 6) is -0.997. The lowest BCUT2D eigenvalue weighted by Gasteiger charge is -2.33. The number of carbonyl (C=O) groups excluding carboxylic acids is 2. The molecule has 120 valence electrons. The van der Waals surface area contributed by atoms with Crippen LogP contribution in [0.1, 0.15) is 5.56 Å². The number of rotatable bonds is 5. The quantitative estimate of drug-likeness (QED) is 0.718. The lowest BCUT2D eigenvalue weighted by Crippen LogP contribution is -2.53. The van der Waals surface area contributed by atoms with Gasteiger partial charge in [0.1, 0.15) is 0 Å². The molecule has 6 heteroatoms. The minimum absolute atomic E-state index is 0.119. The molecule has 0 aliphatic carbocycles. The van der Waals surface area contributed by atoms with Crippen molar-refractivity contribution in [2.75, 3.05) is 45.9 Å². The van der Waals surface area contributed by atoms with Gasteiger partial charge in [0.05, 0.1) is 6.61 Å². The molecular formula is C16H23N3O3. The summed E-state index contributed by atoms with van der Waals surface area (Å²) < 4.78 is 0. The van der Waals surface area contributed by atoms with Crippen LogP contribution in [0.2, 0.25) is 0 Å². The SMILES string of the molecule is O=C(NCCc1ccccc1)C(=O)N1CCN(CCO)CC1. The van der Waals surface area contributed by atoms with Gasteiger partial charge in [-0.2, -0.15) is 0 Å². The van der Waals surface area contributed by atoms with Crippen LogP contribution in [-0.4, -0.2) is 72.6 Å². The second kappa shape index (κ2) is 8.51. The Hall–Kier alpha value is -1.92. The molecule has 2 N–H and O–H groups in total. The molecule has 1 aliphatic heterocycles. The topological polar surface area (TPSA) is 72.9 Å². The molecule has 0 atom stereocenters. The van der Waals surface area contributed by atoms with Crippen molar-refractivity contribution in [3.05, 3.63) is 35.9 Å². The Bertz CT molecular complexity index is 485. The van der Waals surface area contributed by atoms with Gasteiger partial charge >= 0.3 is 11.8 Å². The Morgan fingerprint density at radius 2 is 1.77 bits per heavy atom. The van der Waals surface area contributed by atoms with E-state index in [-0.39, 0.29) is 6.61 Å². The van der Waals surface area contributed by atoms with Crippen molar-refractivity contribution in [3.63, 3.8) is 0 Å². The van der Waals surface area contributed by atoms with Crippen molar-refractivity contribution < 1.29 is 14.7 Å². The van der Waals surface area contributed by atoms with Crippen molar-refractivity contribution in [2.24, 2.45) is 0 Å². The first-order valence-electron chi connectivity index (χ1n) is 7.65. The molecule has 1 saturated heterocycles. The zero-order valence-electron chi connectivity index (χ0n) is 12.7. The first kappa shape index (κ1) is 16.5. The van der Waals surface area contributed by atoms with Crippen molar-refractivity contribution in [3.8, 4) is 0 Å². The van der Waals surface area contributed by atoms with Gasteiger partial charge < -0.3 is 15.3 Å². The number of piperazine rings is 1. The number of amides is 2. The smallest absolute Gasteiger partial charge is 0.311 e. The molecule has 1 aromatic carbocycles. The van der Waals surface area contributed by atoms with Gasteiger partial charge in [0.15, 0.2) is 0 Å². The van der Waals surface area contributed by atoms with E-state index in [9.17, 15) is 9.59 Å². The minimum atomic E-state index is -0.536. The number of benzene rings is 1. The van der Waals surface area contributed by atoms with Gasteiger partial charge in [-0.1, -0.05) is 30.3 Å².